The van der Waals surface area contributed by atoms with E-state index in [0.717, 1.165) is 0 Å². The lowest BCUT2D eigenvalue weighted by atomic mass is 9.44. The summed E-state index contributed by atoms with van der Waals surface area (Å²) in [7, 11) is 8.66. The van der Waals surface area contributed by atoms with Gasteiger partial charge in [0.2, 0.25) is 0 Å². The van der Waals surface area contributed by atoms with Gasteiger partial charge in [-0.05, 0) is 58.2 Å². The van der Waals surface area contributed by atoms with Crippen molar-refractivity contribution in [2.75, 3.05) is 38.0 Å². The first-order chi connectivity index (χ1) is 11.5. The Morgan fingerprint density at radius 2 is 1.00 bits per heavy atom. The van der Waals surface area contributed by atoms with Gasteiger partial charge in [0, 0.05) is 11.4 Å². The maximum absolute atomic E-state index is 2.44. The predicted molar refractivity (Wildman–Crippen MR) is 106 cm³/mol. The van der Waals surface area contributed by atoms with E-state index >= 15 is 0 Å². The van der Waals surface area contributed by atoms with Gasteiger partial charge in [0.15, 0.2) is 0 Å². The van der Waals surface area contributed by atoms with Gasteiger partial charge in [-0.1, -0.05) is 43.3 Å². The lowest BCUT2D eigenvalue weighted by molar-refractivity contribution is 0.617. The second kappa shape index (κ2) is 6.91. The minimum Gasteiger partial charge on any atom is -0.328 e. The molecule has 0 atom stereocenters. The predicted octanol–water partition coefficient (Wildman–Crippen LogP) is 2.96. The molecule has 3 rings (SSSR count). The molecule has 0 saturated carbocycles. The maximum Gasteiger partial charge on any atom is 0.361 e. The molecule has 1 aliphatic rings. The highest BCUT2D eigenvalue weighted by molar-refractivity contribution is 6.87. The molecule has 4 nitrogen and oxygen atoms in total. The van der Waals surface area contributed by atoms with Gasteiger partial charge in [0.1, 0.15) is 0 Å². The van der Waals surface area contributed by atoms with Crippen molar-refractivity contribution in [3.8, 4) is 0 Å². The molecule has 0 aromatic heterocycles. The van der Waals surface area contributed by atoms with Crippen LogP contribution in [0.4, 0.5) is 11.4 Å². The maximum atomic E-state index is 2.44. The Morgan fingerprint density at radius 3 is 1.29 bits per heavy atom. The van der Waals surface area contributed by atoms with Gasteiger partial charge in [-0.15, -0.1) is 0 Å². The molecule has 2 aromatic rings. The Kier molecular flexibility index (Phi) is 4.88. The van der Waals surface area contributed by atoms with Crippen molar-refractivity contribution in [3.63, 3.8) is 0 Å². The molecule has 0 spiro atoms. The number of anilines is 2. The first-order valence-electron chi connectivity index (χ1n) is 8.53. The lowest BCUT2D eigenvalue weighted by Gasteiger charge is -2.40. The highest BCUT2D eigenvalue weighted by Gasteiger charge is 2.54. The van der Waals surface area contributed by atoms with Crippen LogP contribution < -0.4 is 9.84 Å². The number of hydrogen-bond donors (Lipinski definition) is 0. The highest BCUT2D eigenvalue weighted by atomic mass is 15.6. The van der Waals surface area contributed by atoms with E-state index in [2.05, 4.69) is 115 Å². The number of rotatable bonds is 4. The molecular weight excluding hydrogens is 294 g/mol. The fourth-order valence-corrected chi connectivity index (χ4v) is 3.95. The Morgan fingerprint density at radius 1 is 0.667 bits per heavy atom. The normalized spacial score (nSPS) is 16.0. The molecule has 1 aliphatic heterocycles. The Hall–Kier alpha value is -1.91. The Balaban J connectivity index is 2.15. The monoisotopic (exact) mass is 320 g/mol. The van der Waals surface area contributed by atoms with Gasteiger partial charge in [-0.25, -0.2) is 0 Å². The van der Waals surface area contributed by atoms with Crippen molar-refractivity contribution < 1.29 is 0 Å². The van der Waals surface area contributed by atoms with Crippen LogP contribution in [-0.4, -0.2) is 51.8 Å². The molecule has 0 bridgehead atoms. The number of para-hydroxylation sites is 2. The van der Waals surface area contributed by atoms with Crippen LogP contribution in [0, 0.1) is 0 Å². The standard InChI is InChI=1S/C18H26B2N4/c1-16-19(21(2)3)23(17-12-8-6-9-13-17)24(20(16)22(4)5)18-14-10-7-11-15-18/h6-16H,1-5H3. The first-order valence-corrected chi connectivity index (χ1v) is 8.53. The molecule has 0 amide bonds. The number of nitrogens with zero attached hydrogens (tertiary/aromatic N) is 4. The summed E-state index contributed by atoms with van der Waals surface area (Å²) < 4.78 is 0. The van der Waals surface area contributed by atoms with Crippen molar-refractivity contribution >= 4 is 25.3 Å². The van der Waals surface area contributed by atoms with E-state index in [1.807, 2.05) is 0 Å². The molecule has 124 valence electrons. The van der Waals surface area contributed by atoms with Gasteiger partial charge in [-0.3, -0.25) is 0 Å². The third kappa shape index (κ3) is 2.92. The van der Waals surface area contributed by atoms with Crippen LogP contribution in [0.2, 0.25) is 5.72 Å². The topological polar surface area (TPSA) is 13.0 Å². The quantitative estimate of drug-likeness (QED) is 0.803. The Labute approximate surface area is 146 Å². The van der Waals surface area contributed by atoms with Crippen molar-refractivity contribution in [1.29, 1.82) is 0 Å². The zero-order valence-corrected chi connectivity index (χ0v) is 15.3. The second-order valence-corrected chi connectivity index (χ2v) is 6.97. The summed E-state index contributed by atoms with van der Waals surface area (Å²) in [6, 6.07) is 21.4. The average Bonchev–Trinajstić information content (AvgIpc) is 2.90. The molecule has 0 unspecified atom stereocenters. The van der Waals surface area contributed by atoms with Crippen molar-refractivity contribution in [1.82, 2.24) is 9.62 Å². The molecule has 1 heterocycles. The lowest BCUT2D eigenvalue weighted by Crippen LogP contribution is -2.55. The molecule has 0 N–H and O–H groups in total. The van der Waals surface area contributed by atoms with E-state index in [9.17, 15) is 0 Å². The van der Waals surface area contributed by atoms with E-state index in [1.54, 1.807) is 0 Å². The minimum atomic E-state index is 0.292. The van der Waals surface area contributed by atoms with Gasteiger partial charge in [0.25, 0.3) is 0 Å². The number of benzene rings is 2. The van der Waals surface area contributed by atoms with Crippen LogP contribution in [0.25, 0.3) is 0 Å². The summed E-state index contributed by atoms with van der Waals surface area (Å²) in [5.74, 6) is 0. The summed E-state index contributed by atoms with van der Waals surface area (Å²) in [4.78, 5) is 9.50. The van der Waals surface area contributed by atoms with Crippen LogP contribution in [0.3, 0.4) is 0 Å². The fourth-order valence-electron chi connectivity index (χ4n) is 3.95. The molecule has 6 heteroatoms. The second-order valence-electron chi connectivity index (χ2n) is 6.97. The number of hydrazine groups is 1. The van der Waals surface area contributed by atoms with Crippen molar-refractivity contribution in [2.24, 2.45) is 0 Å². The molecule has 0 radical (unpaired) electrons. The van der Waals surface area contributed by atoms with Crippen molar-refractivity contribution in [2.45, 2.75) is 12.6 Å². The van der Waals surface area contributed by atoms with Crippen LogP contribution in [0.15, 0.2) is 60.7 Å². The molecular formula is C18H26B2N4. The smallest absolute Gasteiger partial charge is 0.328 e. The fraction of sp³-hybridized carbons (Fsp3) is 0.333. The summed E-state index contributed by atoms with van der Waals surface area (Å²) >= 11 is 0. The minimum absolute atomic E-state index is 0.292. The van der Waals surface area contributed by atoms with Crippen LogP contribution in [0.1, 0.15) is 6.92 Å². The summed E-state index contributed by atoms with van der Waals surface area (Å²) in [5.41, 5.74) is 2.89. The highest BCUT2D eigenvalue weighted by Crippen LogP contribution is 2.38. The molecule has 2 aromatic carbocycles. The van der Waals surface area contributed by atoms with Gasteiger partial charge in [-0.2, -0.15) is 0 Å². The van der Waals surface area contributed by atoms with E-state index in [-0.39, 0.29) is 0 Å². The largest absolute Gasteiger partial charge is 0.361 e. The summed E-state index contributed by atoms with van der Waals surface area (Å²) in [5, 5.41) is 0. The van der Waals surface area contributed by atoms with Crippen LogP contribution in [0.5, 0.6) is 0 Å². The zero-order valence-electron chi connectivity index (χ0n) is 15.3. The van der Waals surface area contributed by atoms with Crippen LogP contribution in [-0.2, 0) is 0 Å². The summed E-state index contributed by atoms with van der Waals surface area (Å²) in [6.07, 6.45) is 0. The van der Waals surface area contributed by atoms with Crippen molar-refractivity contribution in [3.05, 3.63) is 60.7 Å². The van der Waals surface area contributed by atoms with E-state index in [4.69, 9.17) is 0 Å². The van der Waals surface area contributed by atoms with E-state index in [0.29, 0.717) is 19.7 Å². The average molecular weight is 320 g/mol. The molecule has 24 heavy (non-hydrogen) atoms. The van der Waals surface area contributed by atoms with Gasteiger partial charge >= 0.3 is 14.0 Å². The SMILES string of the molecule is CC1B(N(C)C)N(c2ccccc2)N(c2ccccc2)B1N(C)C. The third-order valence-electron chi connectivity index (χ3n) is 4.77. The number of hydrogen-bond acceptors (Lipinski definition) is 4. The third-order valence-corrected chi connectivity index (χ3v) is 4.77. The van der Waals surface area contributed by atoms with E-state index < -0.39 is 0 Å². The van der Waals surface area contributed by atoms with Gasteiger partial charge < -0.3 is 19.5 Å². The molecule has 0 aliphatic carbocycles. The van der Waals surface area contributed by atoms with Crippen LogP contribution >= 0.6 is 0 Å². The molecule has 1 saturated heterocycles. The van der Waals surface area contributed by atoms with Gasteiger partial charge in [0.05, 0.1) is 0 Å². The Bertz CT molecular complexity index is 593. The van der Waals surface area contributed by atoms with E-state index in [1.165, 1.54) is 11.4 Å². The zero-order chi connectivity index (χ0) is 17.3. The molecule has 1 fully saturated rings. The first kappa shape index (κ1) is 16.9. The summed E-state index contributed by atoms with van der Waals surface area (Å²) in [6.45, 7) is 2.92.